The number of benzene rings is 1. The zero-order valence-corrected chi connectivity index (χ0v) is 15.2. The Balaban J connectivity index is 2.17. The molecule has 2 atom stereocenters. The average Bonchev–Trinajstić information content (AvgIpc) is 2.62. The smallest absolute Gasteiger partial charge is 0.262 e. The fourth-order valence-electron chi connectivity index (χ4n) is 3.14. The predicted octanol–water partition coefficient (Wildman–Crippen LogP) is 3.70. The zero-order chi connectivity index (χ0) is 18.2. The third kappa shape index (κ3) is 4.99. The van der Waals surface area contributed by atoms with E-state index in [1.54, 1.807) is 31.4 Å². The molecule has 1 saturated carbocycles. The van der Waals surface area contributed by atoms with Gasteiger partial charge in [-0.1, -0.05) is 25.8 Å². The number of hydrogen-bond donors (Lipinski definition) is 1. The lowest BCUT2D eigenvalue weighted by Gasteiger charge is -2.29. The average molecular weight is 342 g/mol. The predicted molar refractivity (Wildman–Crippen MR) is 97.3 cm³/mol. The van der Waals surface area contributed by atoms with Crippen LogP contribution < -0.4 is 14.8 Å². The van der Waals surface area contributed by atoms with Crippen molar-refractivity contribution in [3.63, 3.8) is 0 Å². The van der Waals surface area contributed by atoms with Crippen molar-refractivity contribution in [3.8, 4) is 17.6 Å². The van der Waals surface area contributed by atoms with Crippen LogP contribution in [-0.2, 0) is 4.79 Å². The van der Waals surface area contributed by atoms with E-state index in [-0.39, 0.29) is 17.5 Å². The SMILES string of the molecule is CCOc1cc(/C=C(\C#N)C(=O)N[C@@H]2CCCC[C@@H]2C)ccc1OC. The maximum Gasteiger partial charge on any atom is 0.262 e. The fraction of sp³-hybridized carbons (Fsp3) is 0.500. The van der Waals surface area contributed by atoms with Crippen molar-refractivity contribution < 1.29 is 14.3 Å². The van der Waals surface area contributed by atoms with Gasteiger partial charge in [0.05, 0.1) is 13.7 Å². The summed E-state index contributed by atoms with van der Waals surface area (Å²) in [6, 6.07) is 7.50. The second-order valence-electron chi connectivity index (χ2n) is 6.35. The summed E-state index contributed by atoms with van der Waals surface area (Å²) in [7, 11) is 1.58. The van der Waals surface area contributed by atoms with Crippen molar-refractivity contribution in [1.29, 1.82) is 5.26 Å². The van der Waals surface area contributed by atoms with E-state index in [0.717, 1.165) is 24.8 Å². The number of carbonyl (C=O) groups excluding carboxylic acids is 1. The summed E-state index contributed by atoms with van der Waals surface area (Å²) in [4.78, 5) is 12.5. The molecule has 0 unspecified atom stereocenters. The van der Waals surface area contributed by atoms with E-state index >= 15 is 0 Å². The van der Waals surface area contributed by atoms with Crippen LogP contribution in [0.3, 0.4) is 0 Å². The maximum atomic E-state index is 12.5. The Morgan fingerprint density at radius 1 is 1.36 bits per heavy atom. The summed E-state index contributed by atoms with van der Waals surface area (Å²) in [5.41, 5.74) is 0.832. The molecule has 0 aromatic heterocycles. The van der Waals surface area contributed by atoms with Gasteiger partial charge in [-0.3, -0.25) is 4.79 Å². The summed E-state index contributed by atoms with van der Waals surface area (Å²) in [6.07, 6.45) is 6.01. The Kier molecular flexibility index (Phi) is 6.88. The van der Waals surface area contributed by atoms with Crippen molar-refractivity contribution in [2.24, 2.45) is 5.92 Å². The molecule has 1 aromatic rings. The van der Waals surface area contributed by atoms with Crippen molar-refractivity contribution in [1.82, 2.24) is 5.32 Å². The van der Waals surface area contributed by atoms with Crippen LogP contribution in [0.1, 0.15) is 45.1 Å². The summed E-state index contributed by atoms with van der Waals surface area (Å²) in [5.74, 6) is 1.36. The minimum atomic E-state index is -0.310. The molecule has 1 aliphatic rings. The molecular weight excluding hydrogens is 316 g/mol. The Labute approximate surface area is 149 Å². The van der Waals surface area contributed by atoms with Gasteiger partial charge in [0.2, 0.25) is 0 Å². The van der Waals surface area contributed by atoms with Crippen LogP contribution >= 0.6 is 0 Å². The van der Waals surface area contributed by atoms with Crippen LogP contribution in [0.25, 0.3) is 6.08 Å². The van der Waals surface area contributed by atoms with Crippen LogP contribution in [0.5, 0.6) is 11.5 Å². The Bertz CT molecular complexity index is 676. The van der Waals surface area contributed by atoms with Gasteiger partial charge in [-0.25, -0.2) is 0 Å². The molecule has 0 aliphatic heterocycles. The first-order valence-corrected chi connectivity index (χ1v) is 8.82. The van der Waals surface area contributed by atoms with Crippen LogP contribution in [0.4, 0.5) is 0 Å². The lowest BCUT2D eigenvalue weighted by molar-refractivity contribution is -0.118. The molecule has 134 valence electrons. The standard InChI is InChI=1S/C20H26N2O3/c1-4-25-19-12-15(9-10-18(19)24-3)11-16(13-21)20(23)22-17-8-6-5-7-14(17)2/h9-12,14,17H,4-8H2,1-3H3,(H,22,23)/b16-11+/t14-,17+/m0/s1. The molecular formula is C20H26N2O3. The number of hydrogen-bond acceptors (Lipinski definition) is 4. The molecule has 25 heavy (non-hydrogen) atoms. The normalized spacial score (nSPS) is 20.5. The second kappa shape index (κ2) is 9.12. The molecule has 1 amide bonds. The fourth-order valence-corrected chi connectivity index (χ4v) is 3.14. The number of ether oxygens (including phenoxy) is 2. The van der Waals surface area contributed by atoms with Crippen molar-refractivity contribution in [2.45, 2.75) is 45.6 Å². The zero-order valence-electron chi connectivity index (χ0n) is 15.2. The van der Waals surface area contributed by atoms with Gasteiger partial charge in [0.1, 0.15) is 11.6 Å². The largest absolute Gasteiger partial charge is 0.493 e. The third-order valence-electron chi connectivity index (χ3n) is 4.59. The number of nitriles is 1. The van der Waals surface area contributed by atoms with Crippen molar-refractivity contribution in [2.75, 3.05) is 13.7 Å². The van der Waals surface area contributed by atoms with Gasteiger partial charge in [0.15, 0.2) is 11.5 Å². The number of methoxy groups -OCH3 is 1. The molecule has 1 N–H and O–H groups in total. The minimum Gasteiger partial charge on any atom is -0.493 e. The Morgan fingerprint density at radius 3 is 2.76 bits per heavy atom. The molecule has 0 heterocycles. The van der Waals surface area contributed by atoms with E-state index in [9.17, 15) is 10.1 Å². The van der Waals surface area contributed by atoms with Gasteiger partial charge in [-0.05, 0) is 49.5 Å². The molecule has 1 aromatic carbocycles. The van der Waals surface area contributed by atoms with E-state index in [2.05, 4.69) is 12.2 Å². The van der Waals surface area contributed by atoms with E-state index in [1.165, 1.54) is 6.42 Å². The molecule has 0 saturated heterocycles. The van der Waals surface area contributed by atoms with Gasteiger partial charge in [0, 0.05) is 6.04 Å². The van der Waals surface area contributed by atoms with E-state index in [0.29, 0.717) is 24.0 Å². The molecule has 5 heteroatoms. The first-order valence-electron chi connectivity index (χ1n) is 8.82. The molecule has 0 spiro atoms. The Morgan fingerprint density at radius 2 is 2.12 bits per heavy atom. The highest BCUT2D eigenvalue weighted by molar-refractivity contribution is 6.01. The first kappa shape index (κ1) is 18.9. The van der Waals surface area contributed by atoms with Crippen molar-refractivity contribution in [3.05, 3.63) is 29.3 Å². The topological polar surface area (TPSA) is 71.3 Å². The molecule has 2 rings (SSSR count). The van der Waals surface area contributed by atoms with Gasteiger partial charge in [-0.2, -0.15) is 5.26 Å². The third-order valence-corrected chi connectivity index (χ3v) is 4.59. The van der Waals surface area contributed by atoms with E-state index < -0.39 is 0 Å². The van der Waals surface area contributed by atoms with Crippen molar-refractivity contribution >= 4 is 12.0 Å². The van der Waals surface area contributed by atoms with Crippen LogP contribution in [0.15, 0.2) is 23.8 Å². The quantitative estimate of drug-likeness (QED) is 0.632. The molecule has 0 bridgehead atoms. The van der Waals surface area contributed by atoms with Gasteiger partial charge < -0.3 is 14.8 Å². The highest BCUT2D eigenvalue weighted by atomic mass is 16.5. The van der Waals surface area contributed by atoms with E-state index in [1.807, 2.05) is 13.0 Å². The summed E-state index contributed by atoms with van der Waals surface area (Å²) in [5, 5.41) is 12.4. The first-order chi connectivity index (χ1) is 12.1. The second-order valence-corrected chi connectivity index (χ2v) is 6.35. The van der Waals surface area contributed by atoms with Gasteiger partial charge >= 0.3 is 0 Å². The number of carbonyl (C=O) groups is 1. The summed E-state index contributed by atoms with van der Waals surface area (Å²) < 4.78 is 10.8. The van der Waals surface area contributed by atoms with Crippen LogP contribution in [0, 0.1) is 17.2 Å². The molecule has 5 nitrogen and oxygen atoms in total. The van der Waals surface area contributed by atoms with Gasteiger partial charge in [0.25, 0.3) is 5.91 Å². The lowest BCUT2D eigenvalue weighted by Crippen LogP contribution is -2.41. The maximum absolute atomic E-state index is 12.5. The van der Waals surface area contributed by atoms with E-state index in [4.69, 9.17) is 9.47 Å². The monoisotopic (exact) mass is 342 g/mol. The van der Waals surface area contributed by atoms with Gasteiger partial charge in [-0.15, -0.1) is 0 Å². The molecule has 1 fully saturated rings. The number of rotatable bonds is 6. The van der Waals surface area contributed by atoms with Crippen LogP contribution in [-0.4, -0.2) is 25.7 Å². The number of amides is 1. The highest BCUT2D eigenvalue weighted by Gasteiger charge is 2.24. The lowest BCUT2D eigenvalue weighted by atomic mass is 9.86. The number of nitrogens with zero attached hydrogens (tertiary/aromatic N) is 1. The highest BCUT2D eigenvalue weighted by Crippen LogP contribution is 2.29. The number of nitrogens with one attached hydrogen (secondary N) is 1. The summed E-state index contributed by atoms with van der Waals surface area (Å²) in [6.45, 7) is 4.55. The molecule has 0 radical (unpaired) electrons. The minimum absolute atomic E-state index is 0.102. The van der Waals surface area contributed by atoms with Crippen LogP contribution in [0.2, 0.25) is 0 Å². The summed E-state index contributed by atoms with van der Waals surface area (Å²) >= 11 is 0. The molecule has 1 aliphatic carbocycles. The Hall–Kier alpha value is -2.48.